The first-order chi connectivity index (χ1) is 6.31. The molecule has 0 aromatic heterocycles. The molecule has 1 aliphatic rings. The van der Waals surface area contributed by atoms with Gasteiger partial charge in [0.2, 0.25) is 0 Å². The first-order valence-electron chi connectivity index (χ1n) is 4.71. The summed E-state index contributed by atoms with van der Waals surface area (Å²) in [6.45, 7) is 3.97. The van der Waals surface area contributed by atoms with E-state index in [1.807, 2.05) is 7.05 Å². The number of hydrogen-bond donors (Lipinski definition) is 1. The summed E-state index contributed by atoms with van der Waals surface area (Å²) in [6.07, 6.45) is 0. The molecule has 1 aromatic rings. The van der Waals surface area contributed by atoms with Crippen LogP contribution in [-0.4, -0.2) is 13.7 Å². The standard InChI is InChI=1S/C11H15NO/c1-8-7-13-11-4-3-9(6-12-2)5-10(8)11/h3-5,8,12H,6-7H2,1-2H3. The monoisotopic (exact) mass is 177 g/mol. The molecular weight excluding hydrogens is 162 g/mol. The Bertz CT molecular complexity index is 309. The fraction of sp³-hybridized carbons (Fsp3) is 0.455. The number of fused-ring (bicyclic) bond motifs is 1. The molecule has 70 valence electrons. The van der Waals surface area contributed by atoms with Crippen LogP contribution in [0.1, 0.15) is 24.0 Å². The summed E-state index contributed by atoms with van der Waals surface area (Å²) in [7, 11) is 1.97. The van der Waals surface area contributed by atoms with Gasteiger partial charge in [-0.05, 0) is 18.7 Å². The lowest BCUT2D eigenvalue weighted by atomic mass is 10.0. The number of ether oxygens (including phenoxy) is 1. The average molecular weight is 177 g/mol. The highest BCUT2D eigenvalue weighted by atomic mass is 16.5. The molecular formula is C11H15NO. The van der Waals surface area contributed by atoms with Crippen molar-refractivity contribution in [1.82, 2.24) is 5.32 Å². The number of benzene rings is 1. The minimum Gasteiger partial charge on any atom is -0.493 e. The Kier molecular flexibility index (Phi) is 2.23. The molecule has 0 saturated heterocycles. The van der Waals surface area contributed by atoms with Gasteiger partial charge in [-0.1, -0.05) is 19.1 Å². The molecule has 1 heterocycles. The van der Waals surface area contributed by atoms with Crippen molar-refractivity contribution in [2.75, 3.05) is 13.7 Å². The van der Waals surface area contributed by atoms with Crippen LogP contribution < -0.4 is 10.1 Å². The predicted molar refractivity (Wildman–Crippen MR) is 53.1 cm³/mol. The fourth-order valence-electron chi connectivity index (χ4n) is 1.73. The number of nitrogens with one attached hydrogen (secondary N) is 1. The van der Waals surface area contributed by atoms with Crippen molar-refractivity contribution in [3.05, 3.63) is 29.3 Å². The maximum absolute atomic E-state index is 5.52. The van der Waals surface area contributed by atoms with Crippen molar-refractivity contribution in [2.24, 2.45) is 0 Å². The molecule has 1 aromatic carbocycles. The summed E-state index contributed by atoms with van der Waals surface area (Å²) < 4.78 is 5.52. The molecule has 0 saturated carbocycles. The smallest absolute Gasteiger partial charge is 0.122 e. The summed E-state index contributed by atoms with van der Waals surface area (Å²) in [5, 5.41) is 3.15. The van der Waals surface area contributed by atoms with Gasteiger partial charge in [0.15, 0.2) is 0 Å². The summed E-state index contributed by atoms with van der Waals surface area (Å²) >= 11 is 0. The van der Waals surface area contributed by atoms with E-state index in [9.17, 15) is 0 Å². The van der Waals surface area contributed by atoms with E-state index in [1.165, 1.54) is 11.1 Å². The van der Waals surface area contributed by atoms with E-state index in [0.29, 0.717) is 5.92 Å². The summed E-state index contributed by atoms with van der Waals surface area (Å²) in [6, 6.07) is 6.43. The second-order valence-electron chi connectivity index (χ2n) is 3.61. The molecule has 0 fully saturated rings. The molecule has 2 heteroatoms. The Balaban J connectivity index is 2.31. The lowest BCUT2D eigenvalue weighted by molar-refractivity contribution is 0.337. The van der Waals surface area contributed by atoms with Gasteiger partial charge < -0.3 is 10.1 Å². The average Bonchev–Trinajstić information content (AvgIpc) is 2.49. The van der Waals surface area contributed by atoms with Gasteiger partial charge in [0.25, 0.3) is 0 Å². The molecule has 0 aliphatic carbocycles. The van der Waals surface area contributed by atoms with E-state index in [1.54, 1.807) is 0 Å². The highest BCUT2D eigenvalue weighted by molar-refractivity contribution is 5.42. The quantitative estimate of drug-likeness (QED) is 0.745. The van der Waals surface area contributed by atoms with Gasteiger partial charge in [0.1, 0.15) is 5.75 Å². The maximum atomic E-state index is 5.52. The molecule has 0 bridgehead atoms. The SMILES string of the molecule is CNCc1ccc2c(c1)C(C)CO2. The highest BCUT2D eigenvalue weighted by Gasteiger charge is 2.19. The van der Waals surface area contributed by atoms with Crippen molar-refractivity contribution in [1.29, 1.82) is 0 Å². The Labute approximate surface area is 78.9 Å². The minimum absolute atomic E-state index is 0.548. The van der Waals surface area contributed by atoms with Crippen LogP contribution in [-0.2, 0) is 6.54 Å². The summed E-state index contributed by atoms with van der Waals surface area (Å²) in [5.41, 5.74) is 2.69. The van der Waals surface area contributed by atoms with E-state index in [4.69, 9.17) is 4.74 Å². The summed E-state index contributed by atoms with van der Waals surface area (Å²) in [5.74, 6) is 1.61. The van der Waals surface area contributed by atoms with E-state index in [-0.39, 0.29) is 0 Å². The van der Waals surface area contributed by atoms with Crippen molar-refractivity contribution in [3.8, 4) is 5.75 Å². The molecule has 13 heavy (non-hydrogen) atoms. The zero-order valence-corrected chi connectivity index (χ0v) is 8.13. The van der Waals surface area contributed by atoms with E-state index < -0.39 is 0 Å². The van der Waals surface area contributed by atoms with Crippen LogP contribution >= 0.6 is 0 Å². The molecule has 1 atom stereocenters. The molecule has 2 rings (SSSR count). The minimum atomic E-state index is 0.548. The first kappa shape index (κ1) is 8.57. The Hall–Kier alpha value is -1.02. The fourth-order valence-corrected chi connectivity index (χ4v) is 1.73. The van der Waals surface area contributed by atoms with Crippen LogP contribution in [0.25, 0.3) is 0 Å². The topological polar surface area (TPSA) is 21.3 Å². The van der Waals surface area contributed by atoms with Gasteiger partial charge in [-0.3, -0.25) is 0 Å². The molecule has 0 radical (unpaired) electrons. The van der Waals surface area contributed by atoms with Crippen LogP contribution in [0, 0.1) is 0 Å². The van der Waals surface area contributed by atoms with Gasteiger partial charge >= 0.3 is 0 Å². The van der Waals surface area contributed by atoms with Crippen LogP contribution in [0.5, 0.6) is 5.75 Å². The van der Waals surface area contributed by atoms with Crippen LogP contribution in [0.15, 0.2) is 18.2 Å². The summed E-state index contributed by atoms with van der Waals surface area (Å²) in [4.78, 5) is 0. The van der Waals surface area contributed by atoms with Gasteiger partial charge in [-0.15, -0.1) is 0 Å². The molecule has 1 unspecified atom stereocenters. The normalized spacial score (nSPS) is 19.7. The maximum Gasteiger partial charge on any atom is 0.122 e. The molecule has 1 aliphatic heterocycles. The van der Waals surface area contributed by atoms with Crippen molar-refractivity contribution < 1.29 is 4.74 Å². The second kappa shape index (κ2) is 3.38. The van der Waals surface area contributed by atoms with Crippen LogP contribution in [0.4, 0.5) is 0 Å². The van der Waals surface area contributed by atoms with E-state index in [2.05, 4.69) is 30.4 Å². The largest absolute Gasteiger partial charge is 0.493 e. The first-order valence-corrected chi connectivity index (χ1v) is 4.71. The van der Waals surface area contributed by atoms with E-state index >= 15 is 0 Å². The molecule has 2 nitrogen and oxygen atoms in total. The predicted octanol–water partition coefficient (Wildman–Crippen LogP) is 1.90. The van der Waals surface area contributed by atoms with Gasteiger partial charge in [-0.2, -0.15) is 0 Å². The molecule has 1 N–H and O–H groups in total. The third kappa shape index (κ3) is 1.54. The van der Waals surface area contributed by atoms with E-state index in [0.717, 1.165) is 18.9 Å². The third-order valence-electron chi connectivity index (χ3n) is 2.47. The lowest BCUT2D eigenvalue weighted by Gasteiger charge is -2.04. The third-order valence-corrected chi connectivity index (χ3v) is 2.47. The molecule has 0 amide bonds. The van der Waals surface area contributed by atoms with Crippen molar-refractivity contribution >= 4 is 0 Å². The van der Waals surface area contributed by atoms with Crippen molar-refractivity contribution in [2.45, 2.75) is 19.4 Å². The van der Waals surface area contributed by atoms with Gasteiger partial charge in [-0.25, -0.2) is 0 Å². The number of hydrogen-bond acceptors (Lipinski definition) is 2. The van der Waals surface area contributed by atoms with Crippen LogP contribution in [0.3, 0.4) is 0 Å². The number of rotatable bonds is 2. The zero-order chi connectivity index (χ0) is 9.26. The van der Waals surface area contributed by atoms with Gasteiger partial charge in [0.05, 0.1) is 6.61 Å². The molecule has 0 spiro atoms. The second-order valence-corrected chi connectivity index (χ2v) is 3.61. The Morgan fingerprint density at radius 1 is 1.54 bits per heavy atom. The zero-order valence-electron chi connectivity index (χ0n) is 8.13. The van der Waals surface area contributed by atoms with Crippen LogP contribution in [0.2, 0.25) is 0 Å². The van der Waals surface area contributed by atoms with Crippen molar-refractivity contribution in [3.63, 3.8) is 0 Å². The highest BCUT2D eigenvalue weighted by Crippen LogP contribution is 2.33. The van der Waals surface area contributed by atoms with Gasteiger partial charge in [0, 0.05) is 18.0 Å². The Morgan fingerprint density at radius 3 is 3.15 bits per heavy atom. The Morgan fingerprint density at radius 2 is 2.38 bits per heavy atom. The lowest BCUT2D eigenvalue weighted by Crippen LogP contribution is -2.05.